The van der Waals surface area contributed by atoms with Gasteiger partial charge in [0.1, 0.15) is 17.1 Å². The third-order valence-electron chi connectivity index (χ3n) is 16.0. The second-order valence-electron chi connectivity index (χ2n) is 22.7. The Balaban J connectivity index is 0.000000204. The fraction of sp³-hybridized carbons (Fsp3) is 0.466. The molecule has 0 aromatic carbocycles. The smallest absolute Gasteiger partial charge is 0.326 e. The largest absolute Gasteiger partial charge is 0.460 e. The first kappa shape index (κ1) is 75.7. The standard InChI is InChI=1S/C20H17F7N4O2S.C19H18F7N3O2S.C19H20F5N3O2S/c1-3-34(32,33)14-8-12(17(11-28)6-7-17)9-29-15(14)16-30-10-13(31(16)2)4-5-18(21,22)19(23,24)20(25,26)27;1-3-32(30,31)14-8-12(11-4-5-11)9-27-15(14)16-28-10-13(29(16)2)6-7-17(20,21)18(22,23)19(24,25)26;1-4-30(28,29)14-9-12(17(2)7-8-17)10-25-15(14)16-26-11-13(27(16)3)5-6-18(20,21)19(22,23)24/h4-5,8-10H,3,6-7H2,1-2H3;6-11H,3-5H2,1-2H3;5-6,9-11H,4,7-8H2,1-3H3/b5-4+;7-6+;6-5+. The highest BCUT2D eigenvalue weighted by atomic mass is 32.2. The zero-order valence-electron chi connectivity index (χ0n) is 50.9. The molecule has 0 saturated heterocycles. The van der Waals surface area contributed by atoms with Crippen LogP contribution >= 0.6 is 0 Å². The summed E-state index contributed by atoms with van der Waals surface area (Å²) in [6.07, 6.45) is -6.91. The van der Waals surface area contributed by atoms with Crippen molar-refractivity contribution in [1.82, 2.24) is 43.6 Å². The number of imidazole rings is 3. The van der Waals surface area contributed by atoms with Crippen molar-refractivity contribution in [2.75, 3.05) is 17.3 Å². The lowest BCUT2D eigenvalue weighted by atomic mass is 9.99. The van der Waals surface area contributed by atoms with Gasteiger partial charge in [-0.25, -0.2) is 40.2 Å². The molecule has 0 N–H and O–H groups in total. The third-order valence-corrected chi connectivity index (χ3v) is 21.2. The Labute approximate surface area is 535 Å². The molecule has 0 aliphatic heterocycles. The van der Waals surface area contributed by atoms with Crippen LogP contribution in [-0.4, -0.2) is 134 Å². The highest BCUT2D eigenvalue weighted by Crippen LogP contribution is 2.52. The van der Waals surface area contributed by atoms with Gasteiger partial charge in [-0.15, -0.1) is 0 Å². The number of nitriles is 1. The lowest BCUT2D eigenvalue weighted by Crippen LogP contribution is -2.50. The van der Waals surface area contributed by atoms with E-state index in [1.165, 1.54) is 71.0 Å². The third kappa shape index (κ3) is 15.0. The SMILES string of the molecule is CCS(=O)(=O)c1cc(C2(C#N)CC2)cnc1-c1ncc(/C=C/C(F)(F)C(F)(F)C(F)(F)F)n1C.CCS(=O)(=O)c1cc(C2(C)CC2)cnc1-c1ncc(/C=C/C(F)(F)C(F)(F)F)n1C.CCS(=O)(=O)c1cc(C2CC2)cnc1-c1ncc(/C=C/C(F)(F)C(F)(F)C(F)(F)F)n1C. The van der Waals surface area contributed by atoms with Crippen molar-refractivity contribution in [3.8, 4) is 40.6 Å². The van der Waals surface area contributed by atoms with Gasteiger partial charge in [-0.2, -0.15) is 88.7 Å². The van der Waals surface area contributed by atoms with E-state index >= 15 is 0 Å². The number of nitrogens with zero attached hydrogens (tertiary/aromatic N) is 10. The molecule has 0 spiro atoms. The second kappa shape index (κ2) is 26.0. The van der Waals surface area contributed by atoms with E-state index in [0.717, 1.165) is 64.5 Å². The van der Waals surface area contributed by atoms with Crippen LogP contribution in [-0.2, 0) is 61.5 Å². The topological polar surface area (TPSA) is 218 Å². The highest BCUT2D eigenvalue weighted by Gasteiger charge is 2.73. The number of alkyl halides is 19. The van der Waals surface area contributed by atoms with E-state index < -0.39 is 95.2 Å². The number of allylic oxidation sites excluding steroid dienone is 3. The Morgan fingerprint density at radius 2 is 0.792 bits per heavy atom. The monoisotopic (exact) mass is 1440 g/mol. The van der Waals surface area contributed by atoms with Crippen LogP contribution in [0.4, 0.5) is 83.4 Å². The predicted molar refractivity (Wildman–Crippen MR) is 308 cm³/mol. The summed E-state index contributed by atoms with van der Waals surface area (Å²) < 4.78 is 323. The summed E-state index contributed by atoms with van der Waals surface area (Å²) in [5.41, 5.74) is 0.0229. The molecule has 16 nitrogen and oxygen atoms in total. The molecule has 3 saturated carbocycles. The molecule has 0 radical (unpaired) electrons. The van der Waals surface area contributed by atoms with Crippen molar-refractivity contribution in [3.05, 3.63) is 107 Å². The van der Waals surface area contributed by atoms with Gasteiger partial charge < -0.3 is 13.7 Å². The van der Waals surface area contributed by atoms with Crippen LogP contribution in [0.5, 0.6) is 0 Å². The zero-order valence-corrected chi connectivity index (χ0v) is 53.4. The van der Waals surface area contributed by atoms with Gasteiger partial charge in [-0.1, -0.05) is 27.7 Å². The number of sulfone groups is 3. The number of halogens is 19. The lowest BCUT2D eigenvalue weighted by Gasteiger charge is -2.25. The summed E-state index contributed by atoms with van der Waals surface area (Å²) in [6, 6.07) is 6.43. The molecule has 524 valence electrons. The number of rotatable bonds is 20. The zero-order chi connectivity index (χ0) is 72.4. The van der Waals surface area contributed by atoms with Crippen molar-refractivity contribution in [2.24, 2.45) is 21.1 Å². The van der Waals surface area contributed by atoms with Gasteiger partial charge in [0, 0.05) is 39.7 Å². The maximum Gasteiger partial charge on any atom is 0.460 e. The molecule has 0 unspecified atom stereocenters. The van der Waals surface area contributed by atoms with Crippen molar-refractivity contribution in [2.45, 2.75) is 146 Å². The molecule has 3 aliphatic carbocycles. The fourth-order valence-corrected chi connectivity index (χ4v) is 12.2. The molecule has 3 fully saturated rings. The average Bonchev–Trinajstić information content (AvgIpc) is 1.55. The summed E-state index contributed by atoms with van der Waals surface area (Å²) in [7, 11) is -7.50. The van der Waals surface area contributed by atoms with Crippen LogP contribution in [0, 0.1) is 11.3 Å². The van der Waals surface area contributed by atoms with E-state index in [-0.39, 0.29) is 101 Å². The van der Waals surface area contributed by atoms with Crippen LogP contribution in [0.2, 0.25) is 0 Å². The molecule has 6 aromatic rings. The maximum atomic E-state index is 13.6. The van der Waals surface area contributed by atoms with Gasteiger partial charge in [0.15, 0.2) is 47.0 Å². The maximum absolute atomic E-state index is 13.6. The molecule has 6 heterocycles. The predicted octanol–water partition coefficient (Wildman–Crippen LogP) is 14.2. The van der Waals surface area contributed by atoms with E-state index in [1.54, 1.807) is 12.3 Å². The number of aromatic nitrogens is 9. The van der Waals surface area contributed by atoms with Gasteiger partial charge in [0.25, 0.3) is 0 Å². The second-order valence-corrected chi connectivity index (χ2v) is 29.4. The first-order chi connectivity index (χ1) is 43.9. The molecule has 9 rings (SSSR count). The van der Waals surface area contributed by atoms with Crippen molar-refractivity contribution in [3.63, 3.8) is 0 Å². The van der Waals surface area contributed by atoms with Gasteiger partial charge in [-0.05, 0) is 121 Å². The minimum Gasteiger partial charge on any atom is -0.326 e. The molecular formula is C58H55F19N10O6S3. The number of hydrogen-bond donors (Lipinski definition) is 0. The quantitative estimate of drug-likeness (QED) is 0.0650. The van der Waals surface area contributed by atoms with Crippen LogP contribution in [0.1, 0.15) is 106 Å². The van der Waals surface area contributed by atoms with Crippen molar-refractivity contribution < 1.29 is 109 Å². The lowest BCUT2D eigenvalue weighted by molar-refractivity contribution is -0.341. The minimum absolute atomic E-state index is 0.0228. The normalized spacial score (nSPS) is 16.6. The van der Waals surface area contributed by atoms with E-state index in [1.807, 2.05) is 6.92 Å². The Morgan fingerprint density at radius 3 is 1.09 bits per heavy atom. The Hall–Kier alpha value is -7.69. The molecule has 38 heteroatoms. The summed E-state index contributed by atoms with van der Waals surface area (Å²) in [5, 5.41) is 9.39. The highest BCUT2D eigenvalue weighted by molar-refractivity contribution is 7.92. The molecule has 3 aliphatic rings. The molecule has 96 heavy (non-hydrogen) atoms. The average molecular weight is 1450 g/mol. The van der Waals surface area contributed by atoms with Crippen molar-refractivity contribution >= 4 is 47.7 Å². The first-order valence-electron chi connectivity index (χ1n) is 28.2. The Kier molecular flexibility index (Phi) is 20.5. The Morgan fingerprint density at radius 1 is 0.469 bits per heavy atom. The molecule has 0 amide bonds. The molecule has 0 atom stereocenters. The summed E-state index contributed by atoms with van der Waals surface area (Å²) in [6.45, 7) is 6.28. The molecule has 6 aromatic heterocycles. The van der Waals surface area contributed by atoms with Crippen LogP contribution in [0.25, 0.3) is 52.8 Å². The van der Waals surface area contributed by atoms with Gasteiger partial charge >= 0.3 is 48.1 Å². The molecular weight excluding hydrogens is 1390 g/mol. The first-order valence-corrected chi connectivity index (χ1v) is 33.2. The van der Waals surface area contributed by atoms with Gasteiger partial charge in [0.2, 0.25) is 0 Å². The fourth-order valence-electron chi connectivity index (χ4n) is 8.97. The van der Waals surface area contributed by atoms with Crippen LogP contribution in [0.15, 0.2) is 88.3 Å². The van der Waals surface area contributed by atoms with E-state index in [0.29, 0.717) is 36.6 Å². The van der Waals surface area contributed by atoms with Crippen molar-refractivity contribution in [1.29, 1.82) is 5.26 Å². The van der Waals surface area contributed by atoms with Crippen LogP contribution in [0.3, 0.4) is 0 Å². The summed E-state index contributed by atoms with van der Waals surface area (Å²) in [5.74, 6) is -29.4. The van der Waals surface area contributed by atoms with E-state index in [4.69, 9.17) is 0 Å². The van der Waals surface area contributed by atoms with Crippen LogP contribution < -0.4 is 0 Å². The Bertz CT molecular complexity index is 4420. The summed E-state index contributed by atoms with van der Waals surface area (Å²) in [4.78, 5) is 24.0. The van der Waals surface area contributed by atoms with Gasteiger partial charge in [0.05, 0.1) is 79.1 Å². The number of pyridine rings is 3. The molecule has 0 bridgehead atoms. The van der Waals surface area contributed by atoms with Gasteiger partial charge in [-0.3, -0.25) is 15.0 Å². The summed E-state index contributed by atoms with van der Waals surface area (Å²) >= 11 is 0. The van der Waals surface area contributed by atoms with E-state index in [2.05, 4.69) is 36.0 Å². The minimum atomic E-state index is -6.48. The van der Waals surface area contributed by atoms with E-state index in [9.17, 15) is 114 Å². The number of hydrogen-bond acceptors (Lipinski definition) is 13.